The molecule has 1 unspecified atom stereocenters. The molecule has 1 N–H and O–H groups in total. The Morgan fingerprint density at radius 1 is 1.27 bits per heavy atom. The van der Waals surface area contributed by atoms with E-state index < -0.39 is 0 Å². The average molecular weight is 207 g/mol. The molecule has 0 fully saturated rings. The van der Waals surface area contributed by atoms with Crippen molar-refractivity contribution in [2.75, 3.05) is 6.54 Å². The molecule has 0 aliphatic rings. The molecule has 0 aliphatic heterocycles. The van der Waals surface area contributed by atoms with Crippen LogP contribution in [0.25, 0.3) is 0 Å². The Bertz CT molecular complexity index is 203. The molecule has 0 saturated heterocycles. The van der Waals surface area contributed by atoms with Crippen molar-refractivity contribution in [2.24, 2.45) is 0 Å². The normalized spacial score (nSPS) is 13.6. The lowest BCUT2D eigenvalue weighted by Crippen LogP contribution is -2.29. The van der Waals surface area contributed by atoms with Crippen LogP contribution in [0.5, 0.6) is 0 Å². The van der Waals surface area contributed by atoms with Gasteiger partial charge in [-0.05, 0) is 31.4 Å². The maximum Gasteiger partial charge on any atom is 0.0107 e. The molecule has 0 rings (SSSR count). The summed E-state index contributed by atoms with van der Waals surface area (Å²) in [6, 6.07) is 0.583. The van der Waals surface area contributed by atoms with Crippen LogP contribution in [0, 0.1) is 0 Å². The van der Waals surface area contributed by atoms with Crippen LogP contribution in [0.3, 0.4) is 0 Å². The van der Waals surface area contributed by atoms with Gasteiger partial charge in [-0.2, -0.15) is 0 Å². The van der Waals surface area contributed by atoms with Crippen LogP contribution in [0.15, 0.2) is 37.0 Å². The van der Waals surface area contributed by atoms with Gasteiger partial charge in [-0.1, -0.05) is 51.7 Å². The van der Waals surface area contributed by atoms with Crippen LogP contribution in [0.2, 0.25) is 0 Å². The lowest BCUT2D eigenvalue weighted by molar-refractivity contribution is 0.474. The van der Waals surface area contributed by atoms with Gasteiger partial charge in [0.2, 0.25) is 0 Å². The summed E-state index contributed by atoms with van der Waals surface area (Å²) >= 11 is 0. The van der Waals surface area contributed by atoms with Gasteiger partial charge in [0.25, 0.3) is 0 Å². The van der Waals surface area contributed by atoms with Crippen LogP contribution < -0.4 is 5.32 Å². The molecular weight excluding hydrogens is 182 g/mol. The van der Waals surface area contributed by atoms with E-state index in [4.69, 9.17) is 0 Å². The molecule has 0 saturated carbocycles. The molecule has 0 spiro atoms. The largest absolute Gasteiger partial charge is 0.314 e. The minimum absolute atomic E-state index is 0.583. The summed E-state index contributed by atoms with van der Waals surface area (Å²) in [4.78, 5) is 0. The fourth-order valence-electron chi connectivity index (χ4n) is 1.63. The fourth-order valence-corrected chi connectivity index (χ4v) is 1.63. The fraction of sp³-hybridized carbons (Fsp3) is 0.571. The topological polar surface area (TPSA) is 12.0 Å². The van der Waals surface area contributed by atoms with E-state index >= 15 is 0 Å². The number of hydrogen-bond donors (Lipinski definition) is 1. The molecule has 0 aromatic carbocycles. The standard InChI is InChI=1S/C14H25N/c1-5-9-13(8-4)12-14(10-6-2)15-11-7-3/h5,8-9,14-15H,1,4,6-7,10-12H2,2-3H3/b13-9+. The van der Waals surface area contributed by atoms with E-state index in [-0.39, 0.29) is 0 Å². The van der Waals surface area contributed by atoms with Crippen LogP contribution >= 0.6 is 0 Å². The number of allylic oxidation sites excluding steroid dienone is 3. The Morgan fingerprint density at radius 3 is 2.47 bits per heavy atom. The van der Waals surface area contributed by atoms with E-state index in [1.165, 1.54) is 24.8 Å². The minimum Gasteiger partial charge on any atom is -0.314 e. The summed E-state index contributed by atoms with van der Waals surface area (Å²) in [5.41, 5.74) is 1.27. The molecule has 0 aromatic rings. The predicted molar refractivity (Wildman–Crippen MR) is 70.1 cm³/mol. The third-order valence-electron chi connectivity index (χ3n) is 2.40. The van der Waals surface area contributed by atoms with Gasteiger partial charge in [0.15, 0.2) is 0 Å². The summed E-state index contributed by atoms with van der Waals surface area (Å²) in [6.07, 6.45) is 10.5. The van der Waals surface area contributed by atoms with Crippen molar-refractivity contribution in [1.29, 1.82) is 0 Å². The van der Waals surface area contributed by atoms with Crippen molar-refractivity contribution in [2.45, 2.75) is 45.6 Å². The molecular formula is C14H25N. The van der Waals surface area contributed by atoms with Crippen LogP contribution in [-0.2, 0) is 0 Å². The SMILES string of the molecule is C=C/C=C(\C=C)CC(CCC)NCCC. The monoisotopic (exact) mass is 207 g/mol. The van der Waals surface area contributed by atoms with Crippen molar-refractivity contribution < 1.29 is 0 Å². The van der Waals surface area contributed by atoms with E-state index in [2.05, 4.69) is 32.3 Å². The highest BCUT2D eigenvalue weighted by Gasteiger charge is 2.07. The Balaban J connectivity index is 4.16. The zero-order valence-electron chi connectivity index (χ0n) is 10.3. The molecule has 1 nitrogen and oxygen atoms in total. The zero-order chi connectivity index (χ0) is 11.5. The first-order valence-electron chi connectivity index (χ1n) is 5.95. The molecule has 86 valence electrons. The molecule has 0 radical (unpaired) electrons. The maximum absolute atomic E-state index is 3.83. The number of rotatable bonds is 9. The van der Waals surface area contributed by atoms with Gasteiger partial charge in [-0.25, -0.2) is 0 Å². The summed E-state index contributed by atoms with van der Waals surface area (Å²) < 4.78 is 0. The van der Waals surface area contributed by atoms with Gasteiger partial charge in [0.05, 0.1) is 0 Å². The highest BCUT2D eigenvalue weighted by atomic mass is 14.9. The van der Waals surface area contributed by atoms with Crippen molar-refractivity contribution in [3.8, 4) is 0 Å². The third kappa shape index (κ3) is 7.15. The Labute approximate surface area is 95.0 Å². The van der Waals surface area contributed by atoms with Crippen LogP contribution in [-0.4, -0.2) is 12.6 Å². The number of hydrogen-bond acceptors (Lipinski definition) is 1. The van der Waals surface area contributed by atoms with Gasteiger partial charge in [-0.15, -0.1) is 0 Å². The van der Waals surface area contributed by atoms with Crippen LogP contribution in [0.4, 0.5) is 0 Å². The molecule has 0 aromatic heterocycles. The molecule has 15 heavy (non-hydrogen) atoms. The molecule has 1 atom stereocenters. The van der Waals surface area contributed by atoms with Crippen molar-refractivity contribution in [3.05, 3.63) is 37.0 Å². The van der Waals surface area contributed by atoms with Crippen molar-refractivity contribution in [1.82, 2.24) is 5.32 Å². The minimum atomic E-state index is 0.583. The second-order valence-corrected chi connectivity index (χ2v) is 3.83. The summed E-state index contributed by atoms with van der Waals surface area (Å²) in [5, 5.41) is 3.57. The van der Waals surface area contributed by atoms with E-state index in [0.29, 0.717) is 6.04 Å². The van der Waals surface area contributed by atoms with E-state index in [1.54, 1.807) is 0 Å². The molecule has 0 heterocycles. The Kier molecular flexibility index (Phi) is 9.19. The van der Waals surface area contributed by atoms with Crippen molar-refractivity contribution >= 4 is 0 Å². The summed E-state index contributed by atoms with van der Waals surface area (Å²) in [5.74, 6) is 0. The first-order chi connectivity index (χ1) is 7.28. The molecule has 0 bridgehead atoms. The second-order valence-electron chi connectivity index (χ2n) is 3.83. The predicted octanol–water partition coefficient (Wildman–Crippen LogP) is 3.84. The first-order valence-corrected chi connectivity index (χ1v) is 5.95. The highest BCUT2D eigenvalue weighted by Crippen LogP contribution is 2.11. The molecule has 0 aliphatic carbocycles. The Morgan fingerprint density at radius 2 is 2.00 bits per heavy atom. The van der Waals surface area contributed by atoms with Gasteiger partial charge >= 0.3 is 0 Å². The highest BCUT2D eigenvalue weighted by molar-refractivity contribution is 5.21. The smallest absolute Gasteiger partial charge is 0.0107 e. The number of nitrogens with one attached hydrogen (secondary N) is 1. The van der Waals surface area contributed by atoms with Gasteiger partial charge in [0, 0.05) is 6.04 Å². The third-order valence-corrected chi connectivity index (χ3v) is 2.40. The lowest BCUT2D eigenvalue weighted by Gasteiger charge is -2.18. The molecule has 1 heteroatoms. The lowest BCUT2D eigenvalue weighted by atomic mass is 10.0. The van der Waals surface area contributed by atoms with E-state index in [1.807, 2.05) is 18.2 Å². The van der Waals surface area contributed by atoms with Gasteiger partial charge < -0.3 is 5.32 Å². The zero-order valence-corrected chi connectivity index (χ0v) is 10.3. The summed E-state index contributed by atoms with van der Waals surface area (Å²) in [7, 11) is 0. The Hall–Kier alpha value is -0.820. The average Bonchev–Trinajstić information content (AvgIpc) is 2.25. The van der Waals surface area contributed by atoms with Crippen molar-refractivity contribution in [3.63, 3.8) is 0 Å². The maximum atomic E-state index is 3.83. The quantitative estimate of drug-likeness (QED) is 0.566. The van der Waals surface area contributed by atoms with Crippen LogP contribution in [0.1, 0.15) is 39.5 Å². The van der Waals surface area contributed by atoms with E-state index in [9.17, 15) is 0 Å². The second kappa shape index (κ2) is 9.72. The van der Waals surface area contributed by atoms with Gasteiger partial charge in [0.1, 0.15) is 0 Å². The van der Waals surface area contributed by atoms with Gasteiger partial charge in [-0.3, -0.25) is 0 Å². The molecule has 0 amide bonds. The first kappa shape index (κ1) is 14.2. The van der Waals surface area contributed by atoms with E-state index in [0.717, 1.165) is 13.0 Å². The summed E-state index contributed by atoms with van der Waals surface area (Å²) in [6.45, 7) is 13.1.